The zero-order chi connectivity index (χ0) is 20.9. The van der Waals surface area contributed by atoms with Crippen LogP contribution in [0.3, 0.4) is 0 Å². The predicted octanol–water partition coefficient (Wildman–Crippen LogP) is 3.72. The molecule has 2 rings (SSSR count). The molecule has 0 atom stereocenters. The van der Waals surface area contributed by atoms with Crippen molar-refractivity contribution < 1.29 is 19.1 Å². The van der Waals surface area contributed by atoms with Gasteiger partial charge >= 0.3 is 12.1 Å². The number of aliphatic imine (C=N–C) groups is 1. The highest BCUT2D eigenvalue weighted by Gasteiger charge is 2.27. The third kappa shape index (κ3) is 5.12. The maximum Gasteiger partial charge on any atom is 0.410 e. The monoisotopic (exact) mass is 387 g/mol. The highest BCUT2D eigenvalue weighted by Crippen LogP contribution is 2.31. The molecule has 1 heterocycles. The first-order valence-electron chi connectivity index (χ1n) is 9.28. The maximum absolute atomic E-state index is 12.3. The lowest BCUT2D eigenvalue weighted by molar-refractivity contribution is 0.0182. The van der Waals surface area contributed by atoms with E-state index in [1.807, 2.05) is 33.8 Å². The lowest BCUT2D eigenvalue weighted by Gasteiger charge is -2.38. The lowest BCUT2D eigenvalue weighted by atomic mass is 10.0. The zero-order valence-electron chi connectivity index (χ0n) is 17.3. The van der Waals surface area contributed by atoms with Gasteiger partial charge in [0, 0.05) is 37.4 Å². The first-order chi connectivity index (χ1) is 13.2. The van der Waals surface area contributed by atoms with Crippen molar-refractivity contribution in [3.63, 3.8) is 0 Å². The van der Waals surface area contributed by atoms with E-state index in [0.717, 1.165) is 11.3 Å². The maximum atomic E-state index is 12.3. The normalized spacial score (nSPS) is 15.2. The molecule has 1 fully saturated rings. The molecule has 0 N–H and O–H groups in total. The van der Waals surface area contributed by atoms with Crippen molar-refractivity contribution in [3.05, 3.63) is 35.4 Å². The number of allylic oxidation sites excluding steroid dienone is 1. The molecule has 0 aromatic heterocycles. The van der Waals surface area contributed by atoms with Gasteiger partial charge in [-0.25, -0.2) is 9.59 Å². The fourth-order valence-corrected chi connectivity index (χ4v) is 3.09. The zero-order valence-corrected chi connectivity index (χ0v) is 17.3. The summed E-state index contributed by atoms with van der Waals surface area (Å²) in [6, 6.07) is 5.20. The van der Waals surface area contributed by atoms with Gasteiger partial charge in [-0.15, -0.1) is 0 Å². The van der Waals surface area contributed by atoms with Crippen molar-refractivity contribution in [2.45, 2.75) is 33.3 Å². The molecule has 1 aliphatic heterocycles. The van der Waals surface area contributed by atoms with Crippen molar-refractivity contribution in [1.29, 1.82) is 0 Å². The van der Waals surface area contributed by atoms with Gasteiger partial charge in [0.1, 0.15) is 5.60 Å². The van der Waals surface area contributed by atoms with Crippen LogP contribution in [0.1, 0.15) is 43.6 Å². The molecule has 7 heteroatoms. The number of esters is 1. The highest BCUT2D eigenvalue weighted by molar-refractivity contribution is 5.92. The minimum atomic E-state index is -0.512. The Kier molecular flexibility index (Phi) is 6.83. The largest absolute Gasteiger partial charge is 0.465 e. The van der Waals surface area contributed by atoms with Gasteiger partial charge in [-0.05, 0) is 52.6 Å². The Morgan fingerprint density at radius 2 is 1.75 bits per heavy atom. The van der Waals surface area contributed by atoms with E-state index in [1.54, 1.807) is 23.1 Å². The van der Waals surface area contributed by atoms with Gasteiger partial charge in [-0.3, -0.25) is 4.99 Å². The standard InChI is InChI=1S/C21H29N3O4/c1-7-18(16-14-15(19(25)27-6)8-9-17(16)22-5)23-10-12-24(13-11-23)20(26)28-21(2,3)4/h7-9,14H,5,10-13H2,1-4,6H3. The van der Waals surface area contributed by atoms with Crippen LogP contribution >= 0.6 is 0 Å². The minimum absolute atomic E-state index is 0.296. The van der Waals surface area contributed by atoms with Gasteiger partial charge in [-0.2, -0.15) is 0 Å². The van der Waals surface area contributed by atoms with Crippen LogP contribution in [0.25, 0.3) is 5.70 Å². The van der Waals surface area contributed by atoms with Crippen LogP contribution in [-0.4, -0.2) is 67.5 Å². The molecule has 0 bridgehead atoms. The van der Waals surface area contributed by atoms with E-state index in [-0.39, 0.29) is 6.09 Å². The third-order valence-electron chi connectivity index (χ3n) is 4.41. The fraction of sp³-hybridized carbons (Fsp3) is 0.476. The molecule has 1 saturated heterocycles. The summed E-state index contributed by atoms with van der Waals surface area (Å²) in [6.07, 6.45) is 1.68. The summed E-state index contributed by atoms with van der Waals surface area (Å²) in [5.74, 6) is -0.401. The second-order valence-corrected chi connectivity index (χ2v) is 7.51. The van der Waals surface area contributed by atoms with Gasteiger partial charge in [0.05, 0.1) is 18.4 Å². The summed E-state index contributed by atoms with van der Waals surface area (Å²) in [4.78, 5) is 32.2. The molecule has 1 aliphatic rings. The number of nitrogens with zero attached hydrogens (tertiary/aromatic N) is 3. The Labute approximate surface area is 166 Å². The molecule has 28 heavy (non-hydrogen) atoms. The average molecular weight is 387 g/mol. The number of hydrogen-bond donors (Lipinski definition) is 0. The quantitative estimate of drug-likeness (QED) is 0.582. The number of piperazine rings is 1. The summed E-state index contributed by atoms with van der Waals surface area (Å²) in [7, 11) is 1.36. The highest BCUT2D eigenvalue weighted by atomic mass is 16.6. The van der Waals surface area contributed by atoms with Gasteiger partial charge < -0.3 is 19.3 Å². The van der Waals surface area contributed by atoms with Crippen molar-refractivity contribution in [3.8, 4) is 0 Å². The molecule has 0 saturated carbocycles. The molecule has 0 spiro atoms. The summed E-state index contributed by atoms with van der Waals surface area (Å²) < 4.78 is 10.3. The SMILES string of the molecule is C=Nc1ccc(C(=O)OC)cc1C(=CC)N1CCN(C(=O)OC(C)(C)C)CC1. The Balaban J connectivity index is 2.18. The number of rotatable bonds is 4. The lowest BCUT2D eigenvalue weighted by Crippen LogP contribution is -2.49. The Morgan fingerprint density at radius 3 is 2.25 bits per heavy atom. The molecule has 1 amide bonds. The predicted molar refractivity (Wildman–Crippen MR) is 110 cm³/mol. The van der Waals surface area contributed by atoms with Crippen LogP contribution in [0, 0.1) is 0 Å². The Bertz CT molecular complexity index is 772. The average Bonchev–Trinajstić information content (AvgIpc) is 2.67. The molecule has 152 valence electrons. The molecule has 1 aromatic rings. The summed E-state index contributed by atoms with van der Waals surface area (Å²) in [5.41, 5.74) is 2.39. The molecular formula is C21H29N3O4. The Morgan fingerprint density at radius 1 is 1.14 bits per heavy atom. The van der Waals surface area contributed by atoms with E-state index in [9.17, 15) is 9.59 Å². The first-order valence-corrected chi connectivity index (χ1v) is 9.28. The number of carbonyl (C=O) groups excluding carboxylic acids is 2. The van der Waals surface area contributed by atoms with E-state index in [1.165, 1.54) is 7.11 Å². The number of carbonyl (C=O) groups is 2. The number of hydrogen-bond acceptors (Lipinski definition) is 6. The fourth-order valence-electron chi connectivity index (χ4n) is 3.09. The number of ether oxygens (including phenoxy) is 2. The van der Waals surface area contributed by atoms with Crippen LogP contribution in [0.4, 0.5) is 10.5 Å². The van der Waals surface area contributed by atoms with E-state index < -0.39 is 11.6 Å². The Hall–Kier alpha value is -2.83. The van der Waals surface area contributed by atoms with Crippen molar-refractivity contribution in [1.82, 2.24) is 9.80 Å². The van der Waals surface area contributed by atoms with Crippen LogP contribution in [0.5, 0.6) is 0 Å². The van der Waals surface area contributed by atoms with E-state index in [2.05, 4.69) is 16.6 Å². The molecule has 7 nitrogen and oxygen atoms in total. The third-order valence-corrected chi connectivity index (χ3v) is 4.41. The van der Waals surface area contributed by atoms with Crippen LogP contribution in [0.2, 0.25) is 0 Å². The van der Waals surface area contributed by atoms with Crippen molar-refractivity contribution >= 4 is 30.2 Å². The smallest absolute Gasteiger partial charge is 0.410 e. The van der Waals surface area contributed by atoms with Crippen molar-refractivity contribution in [2.24, 2.45) is 4.99 Å². The van der Waals surface area contributed by atoms with E-state index in [4.69, 9.17) is 9.47 Å². The van der Waals surface area contributed by atoms with E-state index in [0.29, 0.717) is 37.4 Å². The van der Waals surface area contributed by atoms with Crippen molar-refractivity contribution in [2.75, 3.05) is 33.3 Å². The van der Waals surface area contributed by atoms with Gasteiger partial charge in [-0.1, -0.05) is 6.08 Å². The summed E-state index contributed by atoms with van der Waals surface area (Å²) >= 11 is 0. The minimum Gasteiger partial charge on any atom is -0.465 e. The first kappa shape index (κ1) is 21.5. The topological polar surface area (TPSA) is 71.4 Å². The molecule has 0 unspecified atom stereocenters. The van der Waals surface area contributed by atoms with Gasteiger partial charge in [0.15, 0.2) is 0 Å². The second kappa shape index (κ2) is 8.91. The van der Waals surface area contributed by atoms with Crippen LogP contribution < -0.4 is 0 Å². The van der Waals surface area contributed by atoms with E-state index >= 15 is 0 Å². The summed E-state index contributed by atoms with van der Waals surface area (Å²) in [5, 5.41) is 0. The molecule has 0 radical (unpaired) electrons. The van der Waals surface area contributed by atoms with Gasteiger partial charge in [0.2, 0.25) is 0 Å². The molecule has 0 aliphatic carbocycles. The number of methoxy groups -OCH3 is 1. The number of amides is 1. The van der Waals surface area contributed by atoms with Crippen LogP contribution in [0.15, 0.2) is 29.3 Å². The molecule has 1 aromatic carbocycles. The second-order valence-electron chi connectivity index (χ2n) is 7.51. The summed E-state index contributed by atoms with van der Waals surface area (Å²) in [6.45, 7) is 13.6. The molecular weight excluding hydrogens is 358 g/mol. The van der Waals surface area contributed by atoms with Crippen LogP contribution in [-0.2, 0) is 9.47 Å². The van der Waals surface area contributed by atoms with Gasteiger partial charge in [0.25, 0.3) is 0 Å². The number of benzene rings is 1.